The predicted molar refractivity (Wildman–Crippen MR) is 71.3 cm³/mol. The minimum absolute atomic E-state index is 0.0932. The molecule has 1 heterocycles. The summed E-state index contributed by atoms with van der Waals surface area (Å²) in [5, 5.41) is 11.5. The quantitative estimate of drug-likeness (QED) is 0.528. The van der Waals surface area contributed by atoms with E-state index in [9.17, 15) is 14.5 Å². The van der Waals surface area contributed by atoms with Gasteiger partial charge in [-0.2, -0.15) is 0 Å². The van der Waals surface area contributed by atoms with Crippen LogP contribution in [0.2, 0.25) is 0 Å². The summed E-state index contributed by atoms with van der Waals surface area (Å²) in [7, 11) is 0. The lowest BCUT2D eigenvalue weighted by atomic mass is 10.2. The Labute approximate surface area is 112 Å². The van der Waals surface area contributed by atoms with Crippen molar-refractivity contribution in [3.8, 4) is 0 Å². The predicted octanol–water partition coefficient (Wildman–Crippen LogP) is 3.00. The first-order valence-electron chi connectivity index (χ1n) is 5.33. The number of nitro benzene ring substituents is 1. The van der Waals surface area contributed by atoms with Gasteiger partial charge in [-0.1, -0.05) is 0 Å². The van der Waals surface area contributed by atoms with E-state index in [0.29, 0.717) is 16.3 Å². The number of halogens is 1. The van der Waals surface area contributed by atoms with Gasteiger partial charge in [-0.25, -0.2) is 9.37 Å². The molecule has 1 aromatic heterocycles. The molecule has 5 nitrogen and oxygen atoms in total. The van der Waals surface area contributed by atoms with Gasteiger partial charge >= 0.3 is 0 Å². The number of anilines is 1. The Morgan fingerprint density at radius 2 is 2.16 bits per heavy atom. The lowest BCUT2D eigenvalue weighted by Crippen LogP contribution is -1.95. The van der Waals surface area contributed by atoms with E-state index in [-0.39, 0.29) is 11.4 Å². The normalized spacial score (nSPS) is 10.4. The summed E-state index contributed by atoms with van der Waals surface area (Å²) in [4.78, 5) is 14.4. The number of pyridine rings is 1. The van der Waals surface area contributed by atoms with Crippen LogP contribution in [0.5, 0.6) is 0 Å². The molecule has 0 unspecified atom stereocenters. The first kappa shape index (κ1) is 13.3. The number of benzene rings is 1. The smallest absolute Gasteiger partial charge is 0.273 e. The van der Waals surface area contributed by atoms with E-state index in [1.807, 2.05) is 0 Å². The van der Waals surface area contributed by atoms with Gasteiger partial charge in [-0.05, 0) is 24.3 Å². The Hall–Kier alpha value is -2.15. The summed E-state index contributed by atoms with van der Waals surface area (Å²) in [6, 6.07) is 6.82. The first-order valence-corrected chi connectivity index (χ1v) is 6.32. The second-order valence-electron chi connectivity index (χ2n) is 3.75. The molecule has 0 fully saturated rings. The number of hydrogen-bond donors (Lipinski definition) is 1. The molecule has 0 bridgehead atoms. The molecule has 0 saturated carbocycles. The zero-order chi connectivity index (χ0) is 13.8. The minimum Gasteiger partial charge on any atom is -0.397 e. The molecule has 2 N–H and O–H groups in total. The molecule has 0 saturated heterocycles. The molecule has 0 amide bonds. The van der Waals surface area contributed by atoms with Crippen molar-refractivity contribution in [1.29, 1.82) is 0 Å². The Morgan fingerprint density at radius 3 is 2.79 bits per heavy atom. The maximum Gasteiger partial charge on any atom is 0.273 e. The molecular weight excluding hydrogens is 269 g/mol. The molecule has 98 valence electrons. The summed E-state index contributed by atoms with van der Waals surface area (Å²) in [6.45, 7) is 0. The highest BCUT2D eigenvalue weighted by Crippen LogP contribution is 2.27. The van der Waals surface area contributed by atoms with Crippen molar-refractivity contribution in [3.63, 3.8) is 0 Å². The Kier molecular flexibility index (Phi) is 3.96. The lowest BCUT2D eigenvalue weighted by Gasteiger charge is -2.03. The number of nitro groups is 1. The maximum absolute atomic E-state index is 13.1. The highest BCUT2D eigenvalue weighted by molar-refractivity contribution is 7.98. The molecule has 0 aliphatic heterocycles. The summed E-state index contributed by atoms with van der Waals surface area (Å²) in [5.41, 5.74) is 6.28. The molecule has 2 rings (SSSR count). The number of nitrogen functional groups attached to an aromatic ring is 1. The molecule has 19 heavy (non-hydrogen) atoms. The van der Waals surface area contributed by atoms with Crippen molar-refractivity contribution in [2.24, 2.45) is 0 Å². The second kappa shape index (κ2) is 5.66. The molecule has 0 aliphatic carbocycles. The van der Waals surface area contributed by atoms with Crippen LogP contribution in [0, 0.1) is 15.9 Å². The summed E-state index contributed by atoms with van der Waals surface area (Å²) >= 11 is 1.28. The third kappa shape index (κ3) is 3.41. The van der Waals surface area contributed by atoms with Gasteiger partial charge in [0, 0.05) is 17.4 Å². The zero-order valence-electron chi connectivity index (χ0n) is 9.75. The standard InChI is InChI=1S/C12H10FN3O2S/c13-9-1-3-11(16(17)18)8(5-9)7-19-12-4-2-10(14)6-15-12/h1-6H,7,14H2. The number of rotatable bonds is 4. The van der Waals surface area contributed by atoms with Crippen LogP contribution in [0.25, 0.3) is 0 Å². The Morgan fingerprint density at radius 1 is 1.37 bits per heavy atom. The van der Waals surface area contributed by atoms with E-state index in [1.54, 1.807) is 12.1 Å². The van der Waals surface area contributed by atoms with Crippen LogP contribution < -0.4 is 5.73 Å². The fourth-order valence-corrected chi connectivity index (χ4v) is 2.30. The van der Waals surface area contributed by atoms with Crippen molar-refractivity contribution in [2.75, 3.05) is 5.73 Å². The Balaban J connectivity index is 2.16. The van der Waals surface area contributed by atoms with Crippen molar-refractivity contribution in [2.45, 2.75) is 10.8 Å². The molecule has 0 spiro atoms. The minimum atomic E-state index is -0.522. The van der Waals surface area contributed by atoms with E-state index in [2.05, 4.69) is 4.98 Å². The number of hydrogen-bond acceptors (Lipinski definition) is 5. The van der Waals surface area contributed by atoms with Gasteiger partial charge in [0.15, 0.2) is 0 Å². The fraction of sp³-hybridized carbons (Fsp3) is 0.0833. The van der Waals surface area contributed by atoms with Gasteiger partial charge in [0.25, 0.3) is 5.69 Å². The number of nitrogens with two attached hydrogens (primary N) is 1. The van der Waals surface area contributed by atoms with Crippen LogP contribution in [0.3, 0.4) is 0 Å². The molecular formula is C12H10FN3O2S. The van der Waals surface area contributed by atoms with Gasteiger partial charge in [0.1, 0.15) is 5.82 Å². The highest BCUT2D eigenvalue weighted by Gasteiger charge is 2.14. The van der Waals surface area contributed by atoms with Gasteiger partial charge in [-0.3, -0.25) is 10.1 Å². The van der Waals surface area contributed by atoms with Gasteiger partial charge < -0.3 is 5.73 Å². The molecule has 0 radical (unpaired) electrons. The topological polar surface area (TPSA) is 82.0 Å². The average Bonchev–Trinajstić information content (AvgIpc) is 2.38. The average molecular weight is 279 g/mol. The number of thioether (sulfide) groups is 1. The van der Waals surface area contributed by atoms with Crippen molar-refractivity contribution in [3.05, 3.63) is 58.0 Å². The van der Waals surface area contributed by atoms with E-state index in [4.69, 9.17) is 5.73 Å². The highest BCUT2D eigenvalue weighted by atomic mass is 32.2. The van der Waals surface area contributed by atoms with Gasteiger partial charge in [0.2, 0.25) is 0 Å². The van der Waals surface area contributed by atoms with E-state index in [0.717, 1.165) is 6.07 Å². The van der Waals surface area contributed by atoms with Crippen LogP contribution in [-0.4, -0.2) is 9.91 Å². The molecule has 1 aromatic carbocycles. The molecule has 0 aliphatic rings. The zero-order valence-corrected chi connectivity index (χ0v) is 10.6. The lowest BCUT2D eigenvalue weighted by molar-refractivity contribution is -0.385. The fourth-order valence-electron chi connectivity index (χ4n) is 1.48. The summed E-state index contributed by atoms with van der Waals surface area (Å²) < 4.78 is 13.1. The van der Waals surface area contributed by atoms with E-state index < -0.39 is 10.7 Å². The molecule has 2 aromatic rings. The van der Waals surface area contributed by atoms with Gasteiger partial charge in [-0.15, -0.1) is 11.8 Å². The molecule has 7 heteroatoms. The van der Waals surface area contributed by atoms with Crippen LogP contribution in [0.1, 0.15) is 5.56 Å². The van der Waals surface area contributed by atoms with Gasteiger partial charge in [0.05, 0.1) is 21.8 Å². The maximum atomic E-state index is 13.1. The SMILES string of the molecule is Nc1ccc(SCc2cc(F)ccc2[N+](=O)[O-])nc1. The van der Waals surface area contributed by atoms with E-state index in [1.165, 1.54) is 30.1 Å². The third-order valence-corrected chi connectivity index (χ3v) is 3.37. The summed E-state index contributed by atoms with van der Waals surface area (Å²) in [6.07, 6.45) is 1.50. The summed E-state index contributed by atoms with van der Waals surface area (Å²) in [5.74, 6) is -0.225. The van der Waals surface area contributed by atoms with Crippen LogP contribution in [-0.2, 0) is 5.75 Å². The van der Waals surface area contributed by atoms with Crippen molar-refractivity contribution in [1.82, 2.24) is 4.98 Å². The van der Waals surface area contributed by atoms with Crippen molar-refractivity contribution >= 4 is 23.1 Å². The largest absolute Gasteiger partial charge is 0.397 e. The number of nitrogens with zero attached hydrogens (tertiary/aromatic N) is 2. The van der Waals surface area contributed by atoms with E-state index >= 15 is 0 Å². The number of aromatic nitrogens is 1. The second-order valence-corrected chi connectivity index (χ2v) is 4.74. The van der Waals surface area contributed by atoms with Crippen molar-refractivity contribution < 1.29 is 9.31 Å². The first-order chi connectivity index (χ1) is 9.06. The molecule has 0 atom stereocenters. The van der Waals surface area contributed by atoms with Crippen LogP contribution >= 0.6 is 11.8 Å². The third-order valence-electron chi connectivity index (χ3n) is 2.37. The monoisotopic (exact) mass is 279 g/mol. The van der Waals surface area contributed by atoms with Crippen LogP contribution in [0.4, 0.5) is 15.8 Å². The Bertz CT molecular complexity index is 604. The van der Waals surface area contributed by atoms with Crippen LogP contribution in [0.15, 0.2) is 41.6 Å².